The van der Waals surface area contributed by atoms with Crippen LogP contribution in [0.3, 0.4) is 0 Å². The van der Waals surface area contributed by atoms with Crippen LogP contribution >= 0.6 is 22.9 Å². The lowest BCUT2D eigenvalue weighted by molar-refractivity contribution is 0.0533. The number of hydrogen-bond acceptors (Lipinski definition) is 4. The van der Waals surface area contributed by atoms with E-state index in [1.54, 1.807) is 49.4 Å². The third-order valence-electron chi connectivity index (χ3n) is 3.68. The van der Waals surface area contributed by atoms with Gasteiger partial charge in [-0.05, 0) is 55.0 Å². The highest BCUT2D eigenvalue weighted by Crippen LogP contribution is 2.35. The molecule has 0 aliphatic carbocycles. The fraction of sp³-hybridized carbons (Fsp3) is 0.100. The van der Waals surface area contributed by atoms with Gasteiger partial charge in [-0.3, -0.25) is 4.79 Å². The molecule has 0 aliphatic heterocycles. The van der Waals surface area contributed by atoms with Crippen molar-refractivity contribution in [3.05, 3.63) is 75.9 Å². The van der Waals surface area contributed by atoms with E-state index < -0.39 is 5.97 Å². The summed E-state index contributed by atoms with van der Waals surface area (Å²) < 4.78 is 18.2. The summed E-state index contributed by atoms with van der Waals surface area (Å²) in [5.41, 5.74) is 1.49. The van der Waals surface area contributed by atoms with Crippen LogP contribution in [-0.2, 0) is 4.74 Å². The molecule has 0 atom stereocenters. The Hall–Kier alpha value is -2.70. The second kappa shape index (κ2) is 8.33. The van der Waals surface area contributed by atoms with E-state index in [4.69, 9.17) is 16.3 Å². The lowest BCUT2D eigenvalue weighted by Gasteiger charge is -2.06. The van der Waals surface area contributed by atoms with Gasteiger partial charge in [0.2, 0.25) is 0 Å². The fourth-order valence-corrected chi connectivity index (χ4v) is 3.52. The number of ether oxygens (including phenoxy) is 1. The predicted octanol–water partition coefficient (Wildman–Crippen LogP) is 5.64. The second-order valence-electron chi connectivity index (χ2n) is 5.54. The molecule has 1 heterocycles. The lowest BCUT2D eigenvalue weighted by Crippen LogP contribution is -2.14. The molecule has 27 heavy (non-hydrogen) atoms. The Morgan fingerprint density at radius 3 is 2.41 bits per heavy atom. The Kier molecular flexibility index (Phi) is 5.88. The Morgan fingerprint density at radius 2 is 1.78 bits per heavy atom. The van der Waals surface area contributed by atoms with Crippen LogP contribution < -0.4 is 5.32 Å². The minimum absolute atomic E-state index is 0.215. The number of anilines is 1. The molecule has 0 bridgehead atoms. The maximum atomic E-state index is 13.2. The van der Waals surface area contributed by atoms with Gasteiger partial charge in [0, 0.05) is 15.5 Å². The summed E-state index contributed by atoms with van der Waals surface area (Å²) in [6.07, 6.45) is 0. The fourth-order valence-electron chi connectivity index (χ4n) is 2.38. The molecule has 0 saturated carbocycles. The monoisotopic (exact) mass is 403 g/mol. The molecular weight excluding hydrogens is 389 g/mol. The van der Waals surface area contributed by atoms with Crippen molar-refractivity contribution < 1.29 is 18.7 Å². The van der Waals surface area contributed by atoms with Gasteiger partial charge in [-0.15, -0.1) is 11.3 Å². The van der Waals surface area contributed by atoms with E-state index >= 15 is 0 Å². The number of nitrogens with one attached hydrogen (secondary N) is 1. The quantitative estimate of drug-likeness (QED) is 0.561. The largest absolute Gasteiger partial charge is 0.462 e. The van der Waals surface area contributed by atoms with E-state index in [0.717, 1.165) is 5.56 Å². The van der Waals surface area contributed by atoms with Crippen molar-refractivity contribution in [1.82, 2.24) is 0 Å². The number of thiophene rings is 1. The number of hydrogen-bond donors (Lipinski definition) is 1. The van der Waals surface area contributed by atoms with Gasteiger partial charge in [0.15, 0.2) is 0 Å². The molecule has 2 aromatic carbocycles. The molecule has 3 rings (SSSR count). The summed E-state index contributed by atoms with van der Waals surface area (Å²) in [5, 5.41) is 3.26. The van der Waals surface area contributed by atoms with Gasteiger partial charge in [0.25, 0.3) is 5.91 Å². The van der Waals surface area contributed by atoms with Crippen LogP contribution in [0.2, 0.25) is 5.02 Å². The van der Waals surface area contributed by atoms with Crippen molar-refractivity contribution in [2.24, 2.45) is 0 Å². The van der Waals surface area contributed by atoms with Gasteiger partial charge in [-0.2, -0.15) is 0 Å². The topological polar surface area (TPSA) is 55.4 Å². The average molecular weight is 404 g/mol. The molecule has 0 radical (unpaired) electrons. The number of esters is 1. The van der Waals surface area contributed by atoms with Gasteiger partial charge in [-0.25, -0.2) is 9.18 Å². The van der Waals surface area contributed by atoms with Gasteiger partial charge >= 0.3 is 5.97 Å². The molecule has 0 unspecified atom stereocenters. The first kappa shape index (κ1) is 19.1. The number of benzene rings is 2. The summed E-state index contributed by atoms with van der Waals surface area (Å²) in [4.78, 5) is 25.8. The Balaban J connectivity index is 1.94. The molecule has 0 aliphatic rings. The number of rotatable bonds is 5. The van der Waals surface area contributed by atoms with Crippen LogP contribution in [0.15, 0.2) is 54.6 Å². The minimum Gasteiger partial charge on any atom is -0.462 e. The zero-order valence-corrected chi connectivity index (χ0v) is 15.9. The maximum absolute atomic E-state index is 13.2. The minimum atomic E-state index is -0.526. The van der Waals surface area contributed by atoms with Crippen LogP contribution in [0.5, 0.6) is 0 Å². The molecule has 3 aromatic rings. The first-order valence-electron chi connectivity index (χ1n) is 8.11. The third kappa shape index (κ3) is 4.53. The predicted molar refractivity (Wildman–Crippen MR) is 105 cm³/mol. The highest BCUT2D eigenvalue weighted by Gasteiger charge is 2.20. The smallest absolute Gasteiger partial charge is 0.350 e. The maximum Gasteiger partial charge on any atom is 0.350 e. The summed E-state index contributed by atoms with van der Waals surface area (Å²) >= 11 is 7.02. The molecule has 0 saturated heterocycles. The summed E-state index contributed by atoms with van der Waals surface area (Å²) in [6, 6.07) is 14.0. The van der Waals surface area contributed by atoms with Crippen molar-refractivity contribution >= 4 is 40.5 Å². The molecule has 0 fully saturated rings. The SMILES string of the molecule is CCOC(=O)c1sc(-c2ccc(F)cc2)cc1NC(=O)c1ccc(Cl)cc1. The van der Waals surface area contributed by atoms with Crippen molar-refractivity contribution in [3.63, 3.8) is 0 Å². The molecule has 0 spiro atoms. The molecule has 7 heteroatoms. The van der Waals surface area contributed by atoms with Crippen molar-refractivity contribution in [1.29, 1.82) is 0 Å². The van der Waals surface area contributed by atoms with Crippen molar-refractivity contribution in [2.75, 3.05) is 11.9 Å². The number of carbonyl (C=O) groups excluding carboxylic acids is 2. The van der Waals surface area contributed by atoms with E-state index in [1.165, 1.54) is 23.5 Å². The van der Waals surface area contributed by atoms with E-state index in [2.05, 4.69) is 5.32 Å². The molecular formula is C20H15ClFNO3S. The van der Waals surface area contributed by atoms with Crippen LogP contribution in [0, 0.1) is 5.82 Å². The van der Waals surface area contributed by atoms with Gasteiger partial charge < -0.3 is 10.1 Å². The summed E-state index contributed by atoms with van der Waals surface area (Å²) in [7, 11) is 0. The lowest BCUT2D eigenvalue weighted by atomic mass is 10.1. The average Bonchev–Trinajstić information content (AvgIpc) is 3.07. The molecule has 1 aromatic heterocycles. The summed E-state index contributed by atoms with van der Waals surface area (Å²) in [5.74, 6) is -1.25. The highest BCUT2D eigenvalue weighted by molar-refractivity contribution is 7.18. The Labute approximate surface area is 164 Å². The first-order valence-corrected chi connectivity index (χ1v) is 9.31. The number of halogens is 2. The number of amides is 1. The van der Waals surface area contributed by atoms with E-state index in [0.29, 0.717) is 21.2 Å². The van der Waals surface area contributed by atoms with Crippen LogP contribution in [0.1, 0.15) is 27.0 Å². The van der Waals surface area contributed by atoms with Gasteiger partial charge in [0.05, 0.1) is 12.3 Å². The van der Waals surface area contributed by atoms with E-state index in [9.17, 15) is 14.0 Å². The Bertz CT molecular complexity index is 968. The second-order valence-corrected chi connectivity index (χ2v) is 7.03. The highest BCUT2D eigenvalue weighted by atomic mass is 35.5. The number of carbonyl (C=O) groups is 2. The standard InChI is InChI=1S/C20H15ClFNO3S/c1-2-26-20(25)18-16(23-19(24)13-3-7-14(21)8-4-13)11-17(27-18)12-5-9-15(22)10-6-12/h3-11H,2H2,1H3,(H,23,24). The van der Waals surface area contributed by atoms with Crippen LogP contribution in [0.4, 0.5) is 10.1 Å². The zero-order valence-electron chi connectivity index (χ0n) is 14.3. The van der Waals surface area contributed by atoms with Crippen molar-refractivity contribution in [3.8, 4) is 10.4 Å². The molecule has 4 nitrogen and oxygen atoms in total. The Morgan fingerprint density at radius 1 is 1.11 bits per heavy atom. The van der Waals surface area contributed by atoms with Crippen molar-refractivity contribution in [2.45, 2.75) is 6.92 Å². The first-order chi connectivity index (χ1) is 13.0. The van der Waals surface area contributed by atoms with Crippen LogP contribution in [-0.4, -0.2) is 18.5 Å². The van der Waals surface area contributed by atoms with Gasteiger partial charge in [-0.1, -0.05) is 23.7 Å². The van der Waals surface area contributed by atoms with E-state index in [-0.39, 0.29) is 23.2 Å². The molecule has 1 N–H and O–H groups in total. The van der Waals surface area contributed by atoms with Gasteiger partial charge in [0.1, 0.15) is 10.7 Å². The third-order valence-corrected chi connectivity index (χ3v) is 5.09. The van der Waals surface area contributed by atoms with E-state index in [1.807, 2.05) is 0 Å². The zero-order chi connectivity index (χ0) is 19.4. The molecule has 1 amide bonds. The molecule has 138 valence electrons. The van der Waals surface area contributed by atoms with Crippen LogP contribution in [0.25, 0.3) is 10.4 Å². The summed E-state index contributed by atoms with van der Waals surface area (Å²) in [6.45, 7) is 1.92. The normalized spacial score (nSPS) is 10.5.